The number of rotatable bonds is 6. The summed E-state index contributed by atoms with van der Waals surface area (Å²) < 4.78 is 0. The van der Waals surface area contributed by atoms with Crippen LogP contribution in [0.3, 0.4) is 0 Å². The number of halogens is 1. The number of aliphatic hydroxyl groups is 1. The first-order valence-corrected chi connectivity index (χ1v) is 8.54. The molecule has 0 bridgehead atoms. The number of nitrogens with one attached hydrogen (secondary N) is 1. The Hall–Kier alpha value is -1.10. The van der Waals surface area contributed by atoms with E-state index in [1.165, 1.54) is 5.56 Å². The molecule has 2 N–H and O–H groups in total. The van der Waals surface area contributed by atoms with Gasteiger partial charge in [0, 0.05) is 11.6 Å². The summed E-state index contributed by atoms with van der Waals surface area (Å²) in [6.45, 7) is 9.63. The highest BCUT2D eigenvalue weighted by atomic mass is 35.5. The van der Waals surface area contributed by atoms with Gasteiger partial charge in [-0.1, -0.05) is 51.4 Å². The highest BCUT2D eigenvalue weighted by Crippen LogP contribution is 2.37. The molecule has 1 aromatic rings. The zero-order chi connectivity index (χ0) is 17.1. The van der Waals surface area contributed by atoms with Gasteiger partial charge in [-0.05, 0) is 41.9 Å². The van der Waals surface area contributed by atoms with Crippen molar-refractivity contribution < 1.29 is 5.11 Å². The predicted molar refractivity (Wildman–Crippen MR) is 96.5 cm³/mol. The molecule has 0 aromatic heterocycles. The minimum Gasteiger partial charge on any atom is -0.388 e. The summed E-state index contributed by atoms with van der Waals surface area (Å²) in [5.41, 5.74) is 3.32. The quantitative estimate of drug-likeness (QED) is 0.835. The molecule has 0 saturated heterocycles. The van der Waals surface area contributed by atoms with Crippen molar-refractivity contribution in [2.45, 2.75) is 46.1 Å². The van der Waals surface area contributed by atoms with Crippen molar-refractivity contribution in [2.24, 2.45) is 16.3 Å². The van der Waals surface area contributed by atoms with Crippen LogP contribution in [0, 0.1) is 11.3 Å². The highest BCUT2D eigenvalue weighted by Gasteiger charge is 2.42. The van der Waals surface area contributed by atoms with Crippen LogP contribution in [0.4, 0.5) is 0 Å². The predicted octanol–water partition coefficient (Wildman–Crippen LogP) is 3.49. The number of hydrazine groups is 1. The van der Waals surface area contributed by atoms with E-state index in [1.54, 1.807) is 6.34 Å². The molecular formula is C18H28ClN3O. The number of nitrogens with zero attached hydrogens (tertiary/aromatic N) is 2. The first-order valence-electron chi connectivity index (χ1n) is 8.16. The Morgan fingerprint density at radius 1 is 1.30 bits per heavy atom. The first-order chi connectivity index (χ1) is 10.7. The molecule has 0 radical (unpaired) electrons. The van der Waals surface area contributed by atoms with Gasteiger partial charge in [-0.2, -0.15) is 5.01 Å². The molecule has 0 aliphatic carbocycles. The largest absolute Gasteiger partial charge is 0.388 e. The molecule has 0 fully saturated rings. The first kappa shape index (κ1) is 18.2. The Kier molecular flexibility index (Phi) is 5.71. The average Bonchev–Trinajstić information content (AvgIpc) is 2.92. The van der Waals surface area contributed by atoms with Crippen LogP contribution >= 0.6 is 11.6 Å². The van der Waals surface area contributed by atoms with E-state index in [2.05, 4.69) is 50.2 Å². The van der Waals surface area contributed by atoms with E-state index in [4.69, 9.17) is 11.6 Å². The van der Waals surface area contributed by atoms with E-state index in [9.17, 15) is 5.11 Å². The van der Waals surface area contributed by atoms with Crippen LogP contribution in [-0.2, 0) is 6.42 Å². The van der Waals surface area contributed by atoms with Crippen molar-refractivity contribution in [3.63, 3.8) is 0 Å². The lowest BCUT2D eigenvalue weighted by Gasteiger charge is -2.44. The number of hydrogen-bond acceptors (Lipinski definition) is 4. The standard InChI is InChI=1S/C18H28ClN3O/c1-14(9-15-5-7-16(19)8-6-15)10-18(23,17(2,3)4)11-22-13-20-12-21-22/h5-8,12,14,23H,9-11,13H2,1-4H3,(H,20,21). The second-order valence-electron chi connectivity index (χ2n) is 7.70. The van der Waals surface area contributed by atoms with Gasteiger partial charge in [0.1, 0.15) is 6.67 Å². The Morgan fingerprint density at radius 3 is 2.48 bits per heavy atom. The Labute approximate surface area is 144 Å². The van der Waals surface area contributed by atoms with Gasteiger partial charge in [0.2, 0.25) is 0 Å². The van der Waals surface area contributed by atoms with E-state index < -0.39 is 5.60 Å². The fourth-order valence-electron chi connectivity index (χ4n) is 2.99. The summed E-state index contributed by atoms with van der Waals surface area (Å²) in [6.07, 6.45) is 3.34. The van der Waals surface area contributed by atoms with Gasteiger partial charge >= 0.3 is 0 Å². The molecule has 0 spiro atoms. The van der Waals surface area contributed by atoms with E-state index in [-0.39, 0.29) is 5.41 Å². The second kappa shape index (κ2) is 7.20. The third kappa shape index (κ3) is 4.93. The molecule has 1 aliphatic rings. The van der Waals surface area contributed by atoms with Gasteiger partial charge < -0.3 is 10.5 Å². The molecule has 1 heterocycles. The van der Waals surface area contributed by atoms with Crippen molar-refractivity contribution in [2.75, 3.05) is 13.2 Å². The molecule has 2 rings (SSSR count). The van der Waals surface area contributed by atoms with Crippen LogP contribution in [0.1, 0.15) is 39.7 Å². The Morgan fingerprint density at radius 2 is 1.96 bits per heavy atom. The normalized spacial score (nSPS) is 19.4. The van der Waals surface area contributed by atoms with Crippen molar-refractivity contribution in [3.05, 3.63) is 34.9 Å². The molecule has 5 heteroatoms. The van der Waals surface area contributed by atoms with Crippen LogP contribution in [0.25, 0.3) is 0 Å². The molecule has 128 valence electrons. The van der Waals surface area contributed by atoms with Gasteiger partial charge in [0.25, 0.3) is 0 Å². The summed E-state index contributed by atoms with van der Waals surface area (Å²) in [6, 6.07) is 7.96. The third-order valence-electron chi connectivity index (χ3n) is 4.62. The fourth-order valence-corrected chi connectivity index (χ4v) is 3.12. The van der Waals surface area contributed by atoms with Crippen LogP contribution in [0.2, 0.25) is 5.02 Å². The van der Waals surface area contributed by atoms with E-state index in [1.807, 2.05) is 17.1 Å². The van der Waals surface area contributed by atoms with Gasteiger partial charge in [0.05, 0.1) is 11.9 Å². The number of benzene rings is 1. The van der Waals surface area contributed by atoms with E-state index >= 15 is 0 Å². The molecule has 1 aromatic carbocycles. The topological polar surface area (TPSA) is 47.9 Å². The summed E-state index contributed by atoms with van der Waals surface area (Å²) >= 11 is 5.95. The Bertz CT molecular complexity index is 530. The lowest BCUT2D eigenvalue weighted by Crippen LogP contribution is -2.54. The van der Waals surface area contributed by atoms with Crippen molar-refractivity contribution in [3.8, 4) is 0 Å². The molecule has 0 saturated carbocycles. The van der Waals surface area contributed by atoms with Crippen molar-refractivity contribution in [1.82, 2.24) is 10.4 Å². The van der Waals surface area contributed by atoms with Crippen molar-refractivity contribution >= 4 is 17.9 Å². The third-order valence-corrected chi connectivity index (χ3v) is 4.87. The van der Waals surface area contributed by atoms with Gasteiger partial charge in [0.15, 0.2) is 0 Å². The molecule has 4 nitrogen and oxygen atoms in total. The number of hydrogen-bond donors (Lipinski definition) is 2. The maximum absolute atomic E-state index is 11.3. The van der Waals surface area contributed by atoms with Crippen LogP contribution in [0.15, 0.2) is 29.3 Å². The number of β-amino-alcohol motifs (C(OH)–C–C–N with tert-alkyl or cyclic N) is 1. The molecule has 1 aliphatic heterocycles. The zero-order valence-corrected chi connectivity index (χ0v) is 15.3. The molecule has 23 heavy (non-hydrogen) atoms. The van der Waals surface area contributed by atoms with E-state index in [0.29, 0.717) is 19.1 Å². The van der Waals surface area contributed by atoms with Gasteiger partial charge in [-0.25, -0.2) is 0 Å². The molecule has 2 atom stereocenters. The van der Waals surface area contributed by atoms with Crippen LogP contribution in [0.5, 0.6) is 0 Å². The van der Waals surface area contributed by atoms with Gasteiger partial charge in [-0.15, -0.1) is 0 Å². The summed E-state index contributed by atoms with van der Waals surface area (Å²) in [4.78, 5) is 4.15. The molecular weight excluding hydrogens is 310 g/mol. The smallest absolute Gasteiger partial charge is 0.110 e. The maximum atomic E-state index is 11.3. The second-order valence-corrected chi connectivity index (χ2v) is 8.14. The number of aliphatic imine (C=N–C) groups is 1. The molecule has 2 unspecified atom stereocenters. The SMILES string of the molecule is CC(Cc1ccc(Cl)cc1)CC(O)(CN1CN=CN1)C(C)(C)C. The monoisotopic (exact) mass is 337 g/mol. The van der Waals surface area contributed by atoms with E-state index in [0.717, 1.165) is 17.9 Å². The van der Waals surface area contributed by atoms with Gasteiger partial charge in [-0.3, -0.25) is 4.99 Å². The fraction of sp³-hybridized carbons (Fsp3) is 0.611. The minimum absolute atomic E-state index is 0.217. The average molecular weight is 338 g/mol. The summed E-state index contributed by atoms with van der Waals surface area (Å²) in [5.74, 6) is 0.365. The van der Waals surface area contributed by atoms with Crippen LogP contribution < -0.4 is 5.43 Å². The Balaban J connectivity index is 2.02. The minimum atomic E-state index is -0.792. The summed E-state index contributed by atoms with van der Waals surface area (Å²) in [7, 11) is 0. The lowest BCUT2D eigenvalue weighted by molar-refractivity contribution is -0.0970. The highest BCUT2D eigenvalue weighted by molar-refractivity contribution is 6.30. The maximum Gasteiger partial charge on any atom is 0.110 e. The van der Waals surface area contributed by atoms with Crippen molar-refractivity contribution in [1.29, 1.82) is 0 Å². The lowest BCUT2D eigenvalue weighted by atomic mass is 9.71. The molecule has 0 amide bonds. The zero-order valence-electron chi connectivity index (χ0n) is 14.5. The summed E-state index contributed by atoms with van der Waals surface area (Å²) in [5, 5.41) is 14.1. The van der Waals surface area contributed by atoms with Crippen LogP contribution in [-0.4, -0.2) is 35.3 Å².